The average Bonchev–Trinajstić information content (AvgIpc) is 2.94. The second-order valence-electron chi connectivity index (χ2n) is 5.77. The van der Waals surface area contributed by atoms with Crippen LogP contribution in [-0.4, -0.2) is 24.3 Å². The minimum atomic E-state index is -0.403. The summed E-state index contributed by atoms with van der Waals surface area (Å²) in [6.07, 6.45) is 4.08. The summed E-state index contributed by atoms with van der Waals surface area (Å²) in [5.41, 5.74) is 2.26. The van der Waals surface area contributed by atoms with Crippen molar-refractivity contribution in [3.63, 3.8) is 0 Å². The first kappa shape index (κ1) is 12.9. The van der Waals surface area contributed by atoms with Gasteiger partial charge in [0, 0.05) is 12.5 Å². The molecular weight excluding hydrogens is 238 g/mol. The summed E-state index contributed by atoms with van der Waals surface area (Å²) >= 11 is 0. The smallest absolute Gasteiger partial charge is 0.122 e. The lowest BCUT2D eigenvalue weighted by atomic mass is 9.86. The molecule has 1 saturated heterocycles. The molecule has 3 unspecified atom stereocenters. The van der Waals surface area contributed by atoms with Crippen molar-refractivity contribution in [3.05, 3.63) is 29.3 Å². The molecule has 0 aromatic heterocycles. The van der Waals surface area contributed by atoms with Crippen LogP contribution in [0.15, 0.2) is 18.2 Å². The van der Waals surface area contributed by atoms with Gasteiger partial charge in [-0.25, -0.2) is 0 Å². The zero-order valence-electron chi connectivity index (χ0n) is 11.6. The summed E-state index contributed by atoms with van der Waals surface area (Å²) in [4.78, 5) is 0. The van der Waals surface area contributed by atoms with E-state index in [0.29, 0.717) is 0 Å². The fraction of sp³-hybridized carbons (Fsp3) is 0.625. The molecule has 3 rings (SSSR count). The molecule has 1 aromatic rings. The van der Waals surface area contributed by atoms with Gasteiger partial charge in [-0.15, -0.1) is 0 Å². The molecule has 0 amide bonds. The first-order chi connectivity index (χ1) is 9.28. The van der Waals surface area contributed by atoms with E-state index in [1.54, 1.807) is 0 Å². The summed E-state index contributed by atoms with van der Waals surface area (Å²) < 4.78 is 5.52. The van der Waals surface area contributed by atoms with Gasteiger partial charge in [0.15, 0.2) is 0 Å². The molecular formula is C16H23NO2. The lowest BCUT2D eigenvalue weighted by Gasteiger charge is -2.33. The highest BCUT2D eigenvalue weighted by atomic mass is 16.5. The molecule has 0 saturated carbocycles. The van der Waals surface area contributed by atoms with E-state index in [1.165, 1.54) is 18.4 Å². The highest BCUT2D eigenvalue weighted by Gasteiger charge is 2.27. The zero-order chi connectivity index (χ0) is 13.2. The quantitative estimate of drug-likeness (QED) is 0.878. The number of fused-ring (bicyclic) bond motifs is 1. The van der Waals surface area contributed by atoms with Crippen LogP contribution in [-0.2, 0) is 6.42 Å². The SMILES string of the molecule is CCC1CCNC(C(O)c2ccc3c(c2)CCO3)C1. The number of nitrogens with one attached hydrogen (secondary N) is 1. The summed E-state index contributed by atoms with van der Waals surface area (Å²) in [5.74, 6) is 1.73. The maximum Gasteiger partial charge on any atom is 0.122 e. The molecule has 0 radical (unpaired) electrons. The normalized spacial score (nSPS) is 27.7. The molecule has 1 aromatic carbocycles. The van der Waals surface area contributed by atoms with E-state index >= 15 is 0 Å². The van der Waals surface area contributed by atoms with E-state index in [2.05, 4.69) is 18.3 Å². The third-order valence-electron chi connectivity index (χ3n) is 4.56. The first-order valence-electron chi connectivity index (χ1n) is 7.45. The Kier molecular flexibility index (Phi) is 3.76. The van der Waals surface area contributed by atoms with Crippen molar-refractivity contribution in [1.29, 1.82) is 0 Å². The monoisotopic (exact) mass is 261 g/mol. The van der Waals surface area contributed by atoms with Gasteiger partial charge in [-0.1, -0.05) is 19.4 Å². The van der Waals surface area contributed by atoms with Crippen LogP contribution >= 0.6 is 0 Å². The van der Waals surface area contributed by atoms with Gasteiger partial charge in [0.1, 0.15) is 5.75 Å². The van der Waals surface area contributed by atoms with Crippen molar-refractivity contribution < 1.29 is 9.84 Å². The van der Waals surface area contributed by atoms with Crippen LogP contribution in [0.3, 0.4) is 0 Å². The number of ether oxygens (including phenoxy) is 1. The van der Waals surface area contributed by atoms with Crippen LogP contribution in [0.25, 0.3) is 0 Å². The summed E-state index contributed by atoms with van der Waals surface area (Å²) in [6, 6.07) is 6.32. The van der Waals surface area contributed by atoms with Crippen molar-refractivity contribution in [3.8, 4) is 5.75 Å². The Hall–Kier alpha value is -1.06. The Bertz CT molecular complexity index is 446. The van der Waals surface area contributed by atoms with Crippen molar-refractivity contribution >= 4 is 0 Å². The van der Waals surface area contributed by atoms with Gasteiger partial charge in [0.05, 0.1) is 12.7 Å². The highest BCUT2D eigenvalue weighted by Crippen LogP contribution is 2.32. The average molecular weight is 261 g/mol. The fourth-order valence-corrected chi connectivity index (χ4v) is 3.27. The van der Waals surface area contributed by atoms with Gasteiger partial charge >= 0.3 is 0 Å². The first-order valence-corrected chi connectivity index (χ1v) is 7.45. The number of aliphatic hydroxyl groups excluding tert-OH is 1. The number of rotatable bonds is 3. The summed E-state index contributed by atoms with van der Waals surface area (Å²) in [7, 11) is 0. The Morgan fingerprint density at radius 1 is 1.47 bits per heavy atom. The lowest BCUT2D eigenvalue weighted by molar-refractivity contribution is 0.0978. The highest BCUT2D eigenvalue weighted by molar-refractivity contribution is 5.40. The Morgan fingerprint density at radius 2 is 2.37 bits per heavy atom. The van der Waals surface area contributed by atoms with Gasteiger partial charge in [-0.3, -0.25) is 0 Å². The van der Waals surface area contributed by atoms with Crippen molar-refractivity contribution in [1.82, 2.24) is 5.32 Å². The Morgan fingerprint density at radius 3 is 3.21 bits per heavy atom. The van der Waals surface area contributed by atoms with Crippen LogP contribution in [0.5, 0.6) is 5.75 Å². The predicted molar refractivity (Wildman–Crippen MR) is 75.4 cm³/mol. The van der Waals surface area contributed by atoms with E-state index < -0.39 is 6.10 Å². The molecule has 1 fully saturated rings. The number of piperidine rings is 1. The predicted octanol–water partition coefficient (Wildman–Crippen LogP) is 2.43. The lowest BCUT2D eigenvalue weighted by Crippen LogP contribution is -2.42. The largest absolute Gasteiger partial charge is 0.493 e. The van der Waals surface area contributed by atoms with Crippen LogP contribution in [0.4, 0.5) is 0 Å². The number of hydrogen-bond acceptors (Lipinski definition) is 3. The van der Waals surface area contributed by atoms with E-state index in [0.717, 1.165) is 43.2 Å². The molecule has 0 bridgehead atoms. The standard InChI is InChI=1S/C16H23NO2/c1-2-11-5-7-17-14(9-11)16(18)13-3-4-15-12(10-13)6-8-19-15/h3-4,10-11,14,16-18H,2,5-9H2,1H3. The molecule has 2 aliphatic heterocycles. The van der Waals surface area contributed by atoms with Gasteiger partial charge in [-0.05, 0) is 48.6 Å². The topological polar surface area (TPSA) is 41.5 Å². The van der Waals surface area contributed by atoms with E-state index in [4.69, 9.17) is 4.74 Å². The summed E-state index contributed by atoms with van der Waals surface area (Å²) in [6.45, 7) is 4.04. The van der Waals surface area contributed by atoms with Crippen LogP contribution < -0.4 is 10.1 Å². The van der Waals surface area contributed by atoms with Crippen molar-refractivity contribution in [2.75, 3.05) is 13.2 Å². The second kappa shape index (κ2) is 5.51. The summed E-state index contributed by atoms with van der Waals surface area (Å²) in [5, 5.41) is 14.1. The van der Waals surface area contributed by atoms with Crippen molar-refractivity contribution in [2.24, 2.45) is 5.92 Å². The Labute approximate surface area is 115 Å². The fourth-order valence-electron chi connectivity index (χ4n) is 3.27. The zero-order valence-corrected chi connectivity index (χ0v) is 11.6. The minimum absolute atomic E-state index is 0.194. The van der Waals surface area contributed by atoms with Crippen molar-refractivity contribution in [2.45, 2.75) is 44.8 Å². The number of aliphatic hydroxyl groups is 1. The molecule has 2 N–H and O–H groups in total. The molecule has 0 aliphatic carbocycles. The third kappa shape index (κ3) is 2.63. The van der Waals surface area contributed by atoms with Crippen LogP contribution in [0.2, 0.25) is 0 Å². The van der Waals surface area contributed by atoms with Crippen LogP contribution in [0, 0.1) is 5.92 Å². The van der Waals surface area contributed by atoms with E-state index in [1.807, 2.05) is 12.1 Å². The van der Waals surface area contributed by atoms with E-state index in [9.17, 15) is 5.11 Å². The van der Waals surface area contributed by atoms with Gasteiger partial charge < -0.3 is 15.2 Å². The third-order valence-corrected chi connectivity index (χ3v) is 4.56. The van der Waals surface area contributed by atoms with Gasteiger partial charge in [0.25, 0.3) is 0 Å². The molecule has 2 heterocycles. The van der Waals surface area contributed by atoms with Gasteiger partial charge in [-0.2, -0.15) is 0 Å². The van der Waals surface area contributed by atoms with Crippen LogP contribution in [0.1, 0.15) is 43.4 Å². The molecule has 2 aliphatic rings. The van der Waals surface area contributed by atoms with E-state index in [-0.39, 0.29) is 6.04 Å². The Balaban J connectivity index is 1.74. The molecule has 3 nitrogen and oxygen atoms in total. The molecule has 0 spiro atoms. The maximum absolute atomic E-state index is 10.6. The molecule has 19 heavy (non-hydrogen) atoms. The molecule has 104 valence electrons. The second-order valence-corrected chi connectivity index (χ2v) is 5.77. The maximum atomic E-state index is 10.6. The number of benzene rings is 1. The van der Waals surface area contributed by atoms with Gasteiger partial charge in [0.2, 0.25) is 0 Å². The molecule has 3 atom stereocenters. The number of hydrogen-bond donors (Lipinski definition) is 2. The molecule has 3 heteroatoms. The minimum Gasteiger partial charge on any atom is -0.493 e.